The standard InChI is InChI=1S/C11H15ClN2O3S/c1-8-9(4-5-17-8)6-14-18(15,16)10-2-3-11(12)13-7-10/h2-3,7-9,14H,4-6H2,1H3. The van der Waals surface area contributed by atoms with Crippen LogP contribution in [0.2, 0.25) is 5.15 Å². The van der Waals surface area contributed by atoms with E-state index < -0.39 is 10.0 Å². The molecule has 5 nitrogen and oxygen atoms in total. The van der Waals surface area contributed by atoms with Crippen molar-refractivity contribution in [2.24, 2.45) is 5.92 Å². The van der Waals surface area contributed by atoms with Gasteiger partial charge in [-0.1, -0.05) is 11.6 Å². The number of hydrogen-bond acceptors (Lipinski definition) is 4. The van der Waals surface area contributed by atoms with Crippen molar-refractivity contribution in [1.29, 1.82) is 0 Å². The Morgan fingerprint density at radius 3 is 2.89 bits per heavy atom. The van der Waals surface area contributed by atoms with Crippen LogP contribution in [0.3, 0.4) is 0 Å². The molecule has 1 aromatic heterocycles. The molecule has 1 fully saturated rings. The Hall–Kier alpha value is -0.690. The Morgan fingerprint density at radius 1 is 1.56 bits per heavy atom. The van der Waals surface area contributed by atoms with Gasteiger partial charge >= 0.3 is 0 Å². The second-order valence-electron chi connectivity index (χ2n) is 4.29. The highest BCUT2D eigenvalue weighted by Gasteiger charge is 2.26. The van der Waals surface area contributed by atoms with Crippen LogP contribution in [-0.4, -0.2) is 32.7 Å². The van der Waals surface area contributed by atoms with Crippen molar-refractivity contribution in [2.75, 3.05) is 13.2 Å². The number of hydrogen-bond donors (Lipinski definition) is 1. The first-order valence-corrected chi connectivity index (χ1v) is 7.58. The second kappa shape index (κ2) is 5.52. The van der Waals surface area contributed by atoms with Crippen LogP contribution in [0, 0.1) is 5.92 Å². The maximum Gasteiger partial charge on any atom is 0.242 e. The minimum Gasteiger partial charge on any atom is -0.378 e. The number of pyridine rings is 1. The first-order chi connectivity index (χ1) is 8.49. The van der Waals surface area contributed by atoms with E-state index >= 15 is 0 Å². The predicted molar refractivity (Wildman–Crippen MR) is 68.0 cm³/mol. The van der Waals surface area contributed by atoms with Gasteiger partial charge < -0.3 is 4.74 Å². The first-order valence-electron chi connectivity index (χ1n) is 5.72. The summed E-state index contributed by atoms with van der Waals surface area (Å²) in [6.45, 7) is 3.03. The molecule has 1 saturated heterocycles. The summed E-state index contributed by atoms with van der Waals surface area (Å²) < 4.78 is 31.9. The van der Waals surface area contributed by atoms with Crippen molar-refractivity contribution >= 4 is 21.6 Å². The summed E-state index contributed by atoms with van der Waals surface area (Å²) in [5.41, 5.74) is 0. The SMILES string of the molecule is CC1OCCC1CNS(=O)(=O)c1ccc(Cl)nc1. The van der Waals surface area contributed by atoms with Gasteiger partial charge in [0.1, 0.15) is 10.0 Å². The maximum absolute atomic E-state index is 12.0. The van der Waals surface area contributed by atoms with Gasteiger partial charge in [-0.3, -0.25) is 0 Å². The highest BCUT2D eigenvalue weighted by Crippen LogP contribution is 2.20. The Bertz CT molecular complexity index is 504. The molecule has 2 atom stereocenters. The van der Waals surface area contributed by atoms with Crippen LogP contribution in [0.15, 0.2) is 23.2 Å². The number of sulfonamides is 1. The molecule has 0 saturated carbocycles. The number of ether oxygens (including phenoxy) is 1. The Morgan fingerprint density at radius 2 is 2.33 bits per heavy atom. The zero-order valence-electron chi connectivity index (χ0n) is 9.97. The molecule has 7 heteroatoms. The first kappa shape index (κ1) is 13.7. The fourth-order valence-corrected chi connectivity index (χ4v) is 3.02. The summed E-state index contributed by atoms with van der Waals surface area (Å²) in [6.07, 6.45) is 2.22. The van der Waals surface area contributed by atoms with Crippen LogP contribution >= 0.6 is 11.6 Å². The monoisotopic (exact) mass is 290 g/mol. The minimum absolute atomic E-state index is 0.0936. The lowest BCUT2D eigenvalue weighted by Gasteiger charge is -2.14. The molecule has 2 heterocycles. The molecular formula is C11H15ClN2O3S. The number of nitrogens with zero attached hydrogens (tertiary/aromatic N) is 1. The fourth-order valence-electron chi connectivity index (χ4n) is 1.87. The average molecular weight is 291 g/mol. The van der Waals surface area contributed by atoms with Gasteiger partial charge in [-0.25, -0.2) is 18.1 Å². The summed E-state index contributed by atoms with van der Waals surface area (Å²) in [5, 5.41) is 0.270. The van der Waals surface area contributed by atoms with E-state index in [4.69, 9.17) is 16.3 Å². The van der Waals surface area contributed by atoms with Crippen molar-refractivity contribution in [2.45, 2.75) is 24.3 Å². The van der Waals surface area contributed by atoms with E-state index in [1.165, 1.54) is 18.3 Å². The Balaban J connectivity index is 2.01. The summed E-state index contributed by atoms with van der Waals surface area (Å²) in [4.78, 5) is 3.89. The summed E-state index contributed by atoms with van der Waals surface area (Å²) >= 11 is 5.62. The third-order valence-corrected chi connectivity index (χ3v) is 4.71. The van der Waals surface area contributed by atoms with Crippen LogP contribution in [0.25, 0.3) is 0 Å². The highest BCUT2D eigenvalue weighted by molar-refractivity contribution is 7.89. The van der Waals surface area contributed by atoms with Crippen LogP contribution in [0.1, 0.15) is 13.3 Å². The number of aromatic nitrogens is 1. The van der Waals surface area contributed by atoms with E-state index in [1.54, 1.807) is 0 Å². The molecular weight excluding hydrogens is 276 g/mol. The minimum atomic E-state index is -3.51. The topological polar surface area (TPSA) is 68.3 Å². The third-order valence-electron chi connectivity index (χ3n) is 3.08. The van der Waals surface area contributed by atoms with Crippen LogP contribution in [0.5, 0.6) is 0 Å². The zero-order valence-corrected chi connectivity index (χ0v) is 11.5. The summed E-state index contributed by atoms with van der Waals surface area (Å²) in [5.74, 6) is 0.222. The number of halogens is 1. The molecule has 1 aliphatic heterocycles. The largest absolute Gasteiger partial charge is 0.378 e. The van der Waals surface area contributed by atoms with Crippen molar-refractivity contribution < 1.29 is 13.2 Å². The van der Waals surface area contributed by atoms with E-state index in [9.17, 15) is 8.42 Å². The molecule has 0 radical (unpaired) electrons. The van der Waals surface area contributed by atoms with Gasteiger partial charge in [0.25, 0.3) is 0 Å². The van der Waals surface area contributed by atoms with Gasteiger partial charge in [-0.15, -0.1) is 0 Å². The normalized spacial score (nSPS) is 24.3. The van der Waals surface area contributed by atoms with E-state index in [1.807, 2.05) is 6.92 Å². The lowest BCUT2D eigenvalue weighted by Crippen LogP contribution is -2.32. The second-order valence-corrected chi connectivity index (χ2v) is 6.45. The van der Waals surface area contributed by atoms with Crippen molar-refractivity contribution in [3.8, 4) is 0 Å². The van der Waals surface area contributed by atoms with E-state index in [0.717, 1.165) is 6.42 Å². The van der Waals surface area contributed by atoms with Gasteiger partial charge in [-0.05, 0) is 25.5 Å². The van der Waals surface area contributed by atoms with E-state index in [2.05, 4.69) is 9.71 Å². The molecule has 0 amide bonds. The van der Waals surface area contributed by atoms with Crippen molar-refractivity contribution in [1.82, 2.24) is 9.71 Å². The molecule has 0 aromatic carbocycles. The van der Waals surface area contributed by atoms with Crippen molar-refractivity contribution in [3.05, 3.63) is 23.5 Å². The van der Waals surface area contributed by atoms with Crippen LogP contribution in [-0.2, 0) is 14.8 Å². The van der Waals surface area contributed by atoms with E-state index in [0.29, 0.717) is 13.2 Å². The lowest BCUT2D eigenvalue weighted by molar-refractivity contribution is 0.107. The van der Waals surface area contributed by atoms with Gasteiger partial charge in [0.15, 0.2) is 0 Å². The van der Waals surface area contributed by atoms with Gasteiger partial charge in [-0.2, -0.15) is 0 Å². The zero-order chi connectivity index (χ0) is 13.2. The van der Waals surface area contributed by atoms with Crippen LogP contribution < -0.4 is 4.72 Å². The molecule has 0 aliphatic carbocycles. The molecule has 2 rings (SSSR count). The molecule has 2 unspecified atom stereocenters. The van der Waals surface area contributed by atoms with E-state index in [-0.39, 0.29) is 22.1 Å². The molecule has 1 N–H and O–H groups in total. The maximum atomic E-state index is 12.0. The lowest BCUT2D eigenvalue weighted by atomic mass is 10.0. The average Bonchev–Trinajstić information content (AvgIpc) is 2.73. The number of nitrogens with one attached hydrogen (secondary N) is 1. The van der Waals surface area contributed by atoms with Gasteiger partial charge in [0, 0.05) is 25.3 Å². The third kappa shape index (κ3) is 3.20. The van der Waals surface area contributed by atoms with Gasteiger partial charge in [0.05, 0.1) is 6.10 Å². The summed E-state index contributed by atoms with van der Waals surface area (Å²) in [7, 11) is -3.51. The quantitative estimate of drug-likeness (QED) is 0.852. The molecule has 0 bridgehead atoms. The molecule has 1 aromatic rings. The molecule has 100 valence electrons. The highest BCUT2D eigenvalue weighted by atomic mass is 35.5. The molecule has 0 spiro atoms. The predicted octanol–water partition coefficient (Wildman–Crippen LogP) is 1.44. The Kier molecular flexibility index (Phi) is 4.21. The molecule has 1 aliphatic rings. The van der Waals surface area contributed by atoms with Crippen LogP contribution in [0.4, 0.5) is 0 Å². The fraction of sp³-hybridized carbons (Fsp3) is 0.545. The smallest absolute Gasteiger partial charge is 0.242 e. The van der Waals surface area contributed by atoms with Gasteiger partial charge in [0.2, 0.25) is 10.0 Å². The Labute approximate surface area is 112 Å². The summed E-state index contributed by atoms with van der Waals surface area (Å²) in [6, 6.07) is 2.89. The molecule has 18 heavy (non-hydrogen) atoms. The number of rotatable bonds is 4. The van der Waals surface area contributed by atoms with Crippen molar-refractivity contribution in [3.63, 3.8) is 0 Å².